The summed E-state index contributed by atoms with van der Waals surface area (Å²) >= 11 is 5.78. The van der Waals surface area contributed by atoms with E-state index in [1.54, 1.807) is 6.07 Å². The van der Waals surface area contributed by atoms with Crippen molar-refractivity contribution in [3.8, 4) is 11.4 Å². The molecular weight excluding hydrogens is 295 g/mol. The second kappa shape index (κ2) is 6.09. The van der Waals surface area contributed by atoms with Gasteiger partial charge in [0.05, 0.1) is 11.1 Å². The number of aromatic nitrogens is 2. The monoisotopic (exact) mass is 310 g/mol. The molecule has 1 unspecified atom stereocenters. The van der Waals surface area contributed by atoms with Crippen LogP contribution in [0, 0.1) is 5.82 Å². The number of nitrogens with zero attached hydrogens (tertiary/aromatic N) is 3. The number of piperazine rings is 1. The first-order valence-electron chi connectivity index (χ1n) is 6.89. The van der Waals surface area contributed by atoms with Crippen molar-refractivity contribution in [2.75, 3.05) is 26.2 Å². The van der Waals surface area contributed by atoms with Crippen LogP contribution in [0.2, 0.25) is 5.02 Å². The summed E-state index contributed by atoms with van der Waals surface area (Å²) < 4.78 is 18.5. The van der Waals surface area contributed by atoms with E-state index in [2.05, 4.69) is 20.4 Å². The minimum atomic E-state index is -0.460. The Balaban J connectivity index is 1.80. The Labute approximate surface area is 127 Å². The Hall–Kier alpha value is -1.50. The first-order valence-corrected chi connectivity index (χ1v) is 7.27. The van der Waals surface area contributed by atoms with Gasteiger partial charge in [-0.15, -0.1) is 0 Å². The lowest BCUT2D eigenvalue weighted by Gasteiger charge is -2.30. The van der Waals surface area contributed by atoms with Gasteiger partial charge in [-0.1, -0.05) is 16.8 Å². The van der Waals surface area contributed by atoms with E-state index in [9.17, 15) is 4.39 Å². The zero-order valence-electron chi connectivity index (χ0n) is 11.6. The number of hydrogen-bond donors (Lipinski definition) is 1. The van der Waals surface area contributed by atoms with Crippen molar-refractivity contribution in [1.29, 1.82) is 0 Å². The largest absolute Gasteiger partial charge is 0.337 e. The summed E-state index contributed by atoms with van der Waals surface area (Å²) in [5.41, 5.74) is 0.643. The molecule has 21 heavy (non-hydrogen) atoms. The van der Waals surface area contributed by atoms with Crippen LogP contribution in [-0.4, -0.2) is 41.2 Å². The van der Waals surface area contributed by atoms with Crippen LogP contribution >= 0.6 is 11.6 Å². The van der Waals surface area contributed by atoms with Gasteiger partial charge < -0.3 is 9.84 Å². The molecule has 0 spiro atoms. The summed E-state index contributed by atoms with van der Waals surface area (Å²) in [6, 6.07) is 4.45. The van der Waals surface area contributed by atoms with Crippen LogP contribution in [0.3, 0.4) is 0 Å². The van der Waals surface area contributed by atoms with E-state index in [1.807, 2.05) is 6.92 Å². The molecule has 1 aromatic carbocycles. The van der Waals surface area contributed by atoms with Crippen LogP contribution in [0.4, 0.5) is 4.39 Å². The maximum absolute atomic E-state index is 13.2. The predicted molar refractivity (Wildman–Crippen MR) is 77.6 cm³/mol. The molecule has 5 nitrogen and oxygen atoms in total. The van der Waals surface area contributed by atoms with E-state index in [4.69, 9.17) is 16.1 Å². The van der Waals surface area contributed by atoms with Crippen LogP contribution in [0.5, 0.6) is 0 Å². The lowest BCUT2D eigenvalue weighted by atomic mass is 10.2. The molecule has 0 amide bonds. The highest BCUT2D eigenvalue weighted by atomic mass is 35.5. The van der Waals surface area contributed by atoms with E-state index < -0.39 is 5.82 Å². The normalized spacial score (nSPS) is 17.9. The fourth-order valence-electron chi connectivity index (χ4n) is 2.38. The summed E-state index contributed by atoms with van der Waals surface area (Å²) in [5, 5.41) is 7.32. The maximum atomic E-state index is 13.2. The van der Waals surface area contributed by atoms with Gasteiger partial charge >= 0.3 is 0 Å². The van der Waals surface area contributed by atoms with Crippen molar-refractivity contribution in [2.24, 2.45) is 0 Å². The molecule has 0 aliphatic carbocycles. The van der Waals surface area contributed by atoms with Gasteiger partial charge in [0.1, 0.15) is 5.82 Å². The minimum Gasteiger partial charge on any atom is -0.337 e. The van der Waals surface area contributed by atoms with E-state index >= 15 is 0 Å². The van der Waals surface area contributed by atoms with Crippen molar-refractivity contribution in [2.45, 2.75) is 13.0 Å². The molecule has 1 atom stereocenters. The Morgan fingerprint density at radius 2 is 2.14 bits per heavy atom. The van der Waals surface area contributed by atoms with Crippen LogP contribution < -0.4 is 5.32 Å². The molecule has 2 heterocycles. The lowest BCUT2D eigenvalue weighted by Crippen LogP contribution is -2.44. The summed E-state index contributed by atoms with van der Waals surface area (Å²) in [6.45, 7) is 5.85. The Kier molecular flexibility index (Phi) is 4.19. The van der Waals surface area contributed by atoms with Gasteiger partial charge in [-0.3, -0.25) is 4.90 Å². The number of nitrogens with one attached hydrogen (secondary N) is 1. The van der Waals surface area contributed by atoms with Crippen molar-refractivity contribution in [1.82, 2.24) is 20.4 Å². The zero-order valence-corrected chi connectivity index (χ0v) is 12.4. The summed E-state index contributed by atoms with van der Waals surface area (Å²) in [4.78, 5) is 6.69. The molecule has 1 aliphatic rings. The zero-order chi connectivity index (χ0) is 14.8. The first kappa shape index (κ1) is 14.4. The topological polar surface area (TPSA) is 54.2 Å². The van der Waals surface area contributed by atoms with Gasteiger partial charge in [0.2, 0.25) is 11.7 Å². The van der Waals surface area contributed by atoms with Crippen molar-refractivity contribution in [3.05, 3.63) is 34.9 Å². The SMILES string of the molecule is CC(c1nc(-c2ccc(F)c(Cl)c2)no1)N1CCNCC1. The van der Waals surface area contributed by atoms with Crippen LogP contribution in [-0.2, 0) is 0 Å². The molecule has 112 valence electrons. The fourth-order valence-corrected chi connectivity index (χ4v) is 2.56. The standard InChI is InChI=1S/C14H16ClFN4O/c1-9(20-6-4-17-5-7-20)14-18-13(19-21-14)10-2-3-12(16)11(15)8-10/h2-3,8-9,17H,4-7H2,1H3. The molecule has 1 aromatic heterocycles. The summed E-state index contributed by atoms with van der Waals surface area (Å²) in [5.74, 6) is 0.527. The highest BCUT2D eigenvalue weighted by Gasteiger charge is 2.23. The molecule has 1 aliphatic heterocycles. The van der Waals surface area contributed by atoms with Crippen LogP contribution in [0.15, 0.2) is 22.7 Å². The van der Waals surface area contributed by atoms with Gasteiger partial charge in [-0.05, 0) is 25.1 Å². The van der Waals surface area contributed by atoms with Crippen LogP contribution in [0.1, 0.15) is 18.9 Å². The Bertz CT molecular complexity index is 627. The third kappa shape index (κ3) is 3.07. The van der Waals surface area contributed by atoms with E-state index in [0.717, 1.165) is 26.2 Å². The lowest BCUT2D eigenvalue weighted by molar-refractivity contribution is 0.154. The summed E-state index contributed by atoms with van der Waals surface area (Å²) in [6.07, 6.45) is 0. The van der Waals surface area contributed by atoms with E-state index in [1.165, 1.54) is 12.1 Å². The average Bonchev–Trinajstić information content (AvgIpc) is 3.00. The van der Waals surface area contributed by atoms with Gasteiger partial charge in [-0.25, -0.2) is 4.39 Å². The van der Waals surface area contributed by atoms with Crippen molar-refractivity contribution < 1.29 is 8.91 Å². The smallest absolute Gasteiger partial charge is 0.244 e. The van der Waals surface area contributed by atoms with Crippen molar-refractivity contribution >= 4 is 11.6 Å². The molecule has 2 aromatic rings. The number of benzene rings is 1. The maximum Gasteiger partial charge on any atom is 0.244 e. The third-order valence-electron chi connectivity index (χ3n) is 3.68. The molecule has 7 heteroatoms. The van der Waals surface area contributed by atoms with E-state index in [0.29, 0.717) is 17.3 Å². The quantitative estimate of drug-likeness (QED) is 0.944. The number of halogens is 2. The molecule has 1 N–H and O–H groups in total. The molecule has 0 radical (unpaired) electrons. The highest BCUT2D eigenvalue weighted by molar-refractivity contribution is 6.31. The second-order valence-corrected chi connectivity index (χ2v) is 5.45. The third-order valence-corrected chi connectivity index (χ3v) is 3.97. The molecule has 0 bridgehead atoms. The average molecular weight is 311 g/mol. The second-order valence-electron chi connectivity index (χ2n) is 5.05. The highest BCUT2D eigenvalue weighted by Crippen LogP contribution is 2.25. The minimum absolute atomic E-state index is 0.0500. The van der Waals surface area contributed by atoms with E-state index in [-0.39, 0.29) is 11.1 Å². The molecule has 0 saturated carbocycles. The fraction of sp³-hybridized carbons (Fsp3) is 0.429. The Morgan fingerprint density at radius 3 is 2.86 bits per heavy atom. The number of hydrogen-bond acceptors (Lipinski definition) is 5. The van der Waals surface area contributed by atoms with Crippen molar-refractivity contribution in [3.63, 3.8) is 0 Å². The Morgan fingerprint density at radius 1 is 1.38 bits per heavy atom. The molecule has 3 rings (SSSR count). The van der Waals surface area contributed by atoms with Gasteiger partial charge in [-0.2, -0.15) is 4.98 Å². The van der Waals surface area contributed by atoms with Gasteiger partial charge in [0.15, 0.2) is 0 Å². The number of rotatable bonds is 3. The molecule has 1 fully saturated rings. The first-order chi connectivity index (χ1) is 10.1. The molecular formula is C14H16ClFN4O. The van der Waals surface area contributed by atoms with Gasteiger partial charge in [0.25, 0.3) is 0 Å². The predicted octanol–water partition coefficient (Wildman–Crippen LogP) is 2.50. The summed E-state index contributed by atoms with van der Waals surface area (Å²) in [7, 11) is 0. The van der Waals surface area contributed by atoms with Gasteiger partial charge in [0, 0.05) is 31.7 Å². The molecule has 1 saturated heterocycles. The van der Waals surface area contributed by atoms with Crippen LogP contribution in [0.25, 0.3) is 11.4 Å².